The molecule has 20 heavy (non-hydrogen) atoms. The first kappa shape index (κ1) is 12.9. The molecule has 3 N–H and O–H groups in total. The number of rotatable bonds is 5. The molecule has 0 radical (unpaired) electrons. The molecule has 2 aromatic rings. The van der Waals surface area contributed by atoms with E-state index in [2.05, 4.69) is 5.32 Å². The zero-order chi connectivity index (χ0) is 13.9. The average molecular weight is 272 g/mol. The number of amides is 1. The zero-order valence-corrected chi connectivity index (χ0v) is 10.9. The highest BCUT2D eigenvalue weighted by Crippen LogP contribution is 2.23. The van der Waals surface area contributed by atoms with Crippen molar-refractivity contribution in [3.63, 3.8) is 0 Å². The second kappa shape index (κ2) is 5.48. The third-order valence-corrected chi connectivity index (χ3v) is 3.34. The smallest absolute Gasteiger partial charge is 0.310 e. The van der Waals surface area contributed by atoms with Crippen LogP contribution >= 0.6 is 0 Å². The van der Waals surface area contributed by atoms with Gasteiger partial charge >= 0.3 is 5.91 Å². The van der Waals surface area contributed by atoms with E-state index in [0.29, 0.717) is 11.8 Å². The van der Waals surface area contributed by atoms with Crippen molar-refractivity contribution in [2.24, 2.45) is 0 Å². The van der Waals surface area contributed by atoms with E-state index in [-0.39, 0.29) is 5.76 Å². The molecule has 104 valence electrons. The normalized spacial score (nSPS) is 14.2. The second-order valence-electron chi connectivity index (χ2n) is 4.96. The number of furan rings is 1. The van der Waals surface area contributed by atoms with E-state index in [4.69, 9.17) is 9.62 Å². The van der Waals surface area contributed by atoms with Crippen LogP contribution in [0.5, 0.6) is 0 Å². The number of carbonyl (C=O) groups excluding carboxylic acids is 1. The maximum Gasteiger partial charge on any atom is 0.310 e. The lowest BCUT2D eigenvalue weighted by Gasteiger charge is -2.04. The molecule has 1 aliphatic carbocycles. The number of hydroxylamine groups is 1. The fourth-order valence-corrected chi connectivity index (χ4v) is 2.01. The number of hydrogen-bond donors (Lipinski definition) is 3. The Bertz CT molecular complexity index is 600. The van der Waals surface area contributed by atoms with Crippen LogP contribution in [0.2, 0.25) is 0 Å². The second-order valence-corrected chi connectivity index (χ2v) is 4.96. The van der Waals surface area contributed by atoms with Crippen LogP contribution in [-0.2, 0) is 6.54 Å². The largest absolute Gasteiger partial charge is 0.451 e. The molecule has 0 spiro atoms. The first-order valence-electron chi connectivity index (χ1n) is 6.63. The first-order chi connectivity index (χ1) is 9.76. The molecule has 5 nitrogen and oxygen atoms in total. The van der Waals surface area contributed by atoms with Gasteiger partial charge in [-0.2, -0.15) is 0 Å². The Morgan fingerprint density at radius 3 is 2.60 bits per heavy atom. The lowest BCUT2D eigenvalue weighted by atomic mass is 10.1. The summed E-state index contributed by atoms with van der Waals surface area (Å²) in [4.78, 5) is 11.2. The van der Waals surface area contributed by atoms with Crippen molar-refractivity contribution < 1.29 is 14.4 Å². The highest BCUT2D eigenvalue weighted by molar-refractivity contribution is 5.91. The van der Waals surface area contributed by atoms with Crippen molar-refractivity contribution in [1.82, 2.24) is 10.8 Å². The monoisotopic (exact) mass is 272 g/mol. The number of benzene rings is 1. The van der Waals surface area contributed by atoms with Gasteiger partial charge in [-0.15, -0.1) is 0 Å². The van der Waals surface area contributed by atoms with Crippen LogP contribution in [0.1, 0.15) is 29.0 Å². The highest BCUT2D eigenvalue weighted by atomic mass is 16.5. The number of nitrogens with one attached hydrogen (secondary N) is 2. The van der Waals surface area contributed by atoms with E-state index in [1.807, 2.05) is 24.3 Å². The molecule has 0 saturated heterocycles. The van der Waals surface area contributed by atoms with E-state index in [0.717, 1.165) is 12.1 Å². The zero-order valence-electron chi connectivity index (χ0n) is 10.9. The minimum Gasteiger partial charge on any atom is -0.451 e. The van der Waals surface area contributed by atoms with E-state index in [1.54, 1.807) is 11.5 Å². The van der Waals surface area contributed by atoms with Gasteiger partial charge in [0.25, 0.3) is 0 Å². The van der Waals surface area contributed by atoms with Crippen LogP contribution in [0.15, 0.2) is 40.8 Å². The maximum atomic E-state index is 11.2. The van der Waals surface area contributed by atoms with Crippen molar-refractivity contribution in [3.8, 4) is 11.3 Å². The summed E-state index contributed by atoms with van der Waals surface area (Å²) in [6.07, 6.45) is 2.56. The summed E-state index contributed by atoms with van der Waals surface area (Å²) in [5.74, 6) is 0.0359. The maximum absolute atomic E-state index is 11.2. The van der Waals surface area contributed by atoms with Crippen LogP contribution in [0.4, 0.5) is 0 Å². The molecule has 0 atom stereocenters. The van der Waals surface area contributed by atoms with Gasteiger partial charge in [0.1, 0.15) is 5.76 Å². The average Bonchev–Trinajstić information content (AvgIpc) is 3.19. The van der Waals surface area contributed by atoms with Crippen LogP contribution in [-0.4, -0.2) is 17.2 Å². The fourth-order valence-electron chi connectivity index (χ4n) is 2.01. The molecule has 1 fully saturated rings. The van der Waals surface area contributed by atoms with Gasteiger partial charge in [-0.05, 0) is 30.5 Å². The molecule has 1 amide bonds. The van der Waals surface area contributed by atoms with Crippen LogP contribution in [0.3, 0.4) is 0 Å². The van der Waals surface area contributed by atoms with Gasteiger partial charge in [0, 0.05) is 18.2 Å². The minimum absolute atomic E-state index is 0.0852. The molecular weight excluding hydrogens is 256 g/mol. The Kier molecular flexibility index (Phi) is 3.54. The van der Waals surface area contributed by atoms with Crippen LogP contribution < -0.4 is 10.8 Å². The molecule has 0 unspecified atom stereocenters. The molecule has 1 saturated carbocycles. The van der Waals surface area contributed by atoms with Crippen molar-refractivity contribution in [3.05, 3.63) is 47.7 Å². The summed E-state index contributed by atoms with van der Waals surface area (Å²) in [7, 11) is 0. The SMILES string of the molecule is O=C(NO)c1ccc(-c2ccc(CNC3CC3)cc2)o1. The molecule has 1 heterocycles. The molecule has 3 rings (SSSR count). The van der Waals surface area contributed by atoms with Gasteiger partial charge in [0.15, 0.2) is 5.76 Å². The predicted molar refractivity (Wildman–Crippen MR) is 73.3 cm³/mol. The lowest BCUT2D eigenvalue weighted by molar-refractivity contribution is 0.0677. The minimum atomic E-state index is -0.651. The van der Waals surface area contributed by atoms with Crippen molar-refractivity contribution in [2.45, 2.75) is 25.4 Å². The highest BCUT2D eigenvalue weighted by Gasteiger charge is 2.19. The molecule has 1 aromatic heterocycles. The van der Waals surface area contributed by atoms with E-state index in [9.17, 15) is 4.79 Å². The van der Waals surface area contributed by atoms with Gasteiger partial charge in [0.2, 0.25) is 0 Å². The Labute approximate surface area is 116 Å². The summed E-state index contributed by atoms with van der Waals surface area (Å²) < 4.78 is 5.38. The summed E-state index contributed by atoms with van der Waals surface area (Å²) >= 11 is 0. The summed E-state index contributed by atoms with van der Waals surface area (Å²) in [6.45, 7) is 0.876. The third kappa shape index (κ3) is 2.89. The van der Waals surface area contributed by atoms with Gasteiger partial charge in [-0.3, -0.25) is 10.0 Å². The lowest BCUT2D eigenvalue weighted by Crippen LogP contribution is -2.17. The van der Waals surface area contributed by atoms with E-state index < -0.39 is 5.91 Å². The molecule has 5 heteroatoms. The van der Waals surface area contributed by atoms with E-state index in [1.165, 1.54) is 24.5 Å². The summed E-state index contributed by atoms with van der Waals surface area (Å²) in [5.41, 5.74) is 3.67. The van der Waals surface area contributed by atoms with Crippen molar-refractivity contribution in [1.29, 1.82) is 0 Å². The Morgan fingerprint density at radius 1 is 1.20 bits per heavy atom. The molecule has 0 aliphatic heterocycles. The van der Waals surface area contributed by atoms with Gasteiger partial charge in [-0.25, -0.2) is 5.48 Å². The quantitative estimate of drug-likeness (QED) is 0.577. The first-order valence-corrected chi connectivity index (χ1v) is 6.63. The van der Waals surface area contributed by atoms with Crippen molar-refractivity contribution in [2.75, 3.05) is 0 Å². The molecule has 1 aromatic carbocycles. The fraction of sp³-hybridized carbons (Fsp3) is 0.267. The summed E-state index contributed by atoms with van der Waals surface area (Å²) in [6, 6.07) is 11.9. The third-order valence-electron chi connectivity index (χ3n) is 3.34. The Balaban J connectivity index is 1.69. The van der Waals surface area contributed by atoms with Crippen LogP contribution in [0, 0.1) is 0 Å². The topological polar surface area (TPSA) is 74.5 Å². The van der Waals surface area contributed by atoms with Gasteiger partial charge in [0.05, 0.1) is 0 Å². The standard InChI is InChI=1S/C15H16N2O3/c18-15(17-19)14-8-7-13(20-14)11-3-1-10(2-4-11)9-16-12-5-6-12/h1-4,7-8,12,16,19H,5-6,9H2,(H,17,18). The Morgan fingerprint density at radius 2 is 1.95 bits per heavy atom. The summed E-state index contributed by atoms with van der Waals surface area (Å²) in [5, 5.41) is 12.0. The van der Waals surface area contributed by atoms with Crippen LogP contribution in [0.25, 0.3) is 11.3 Å². The Hall–Kier alpha value is -2.11. The van der Waals surface area contributed by atoms with Crippen molar-refractivity contribution >= 4 is 5.91 Å². The number of hydrogen-bond acceptors (Lipinski definition) is 4. The van der Waals surface area contributed by atoms with Gasteiger partial charge < -0.3 is 9.73 Å². The molecule has 0 bridgehead atoms. The number of carbonyl (C=O) groups is 1. The molecule has 1 aliphatic rings. The predicted octanol–water partition coefficient (Wildman–Crippen LogP) is 2.32. The molecular formula is C15H16N2O3. The van der Waals surface area contributed by atoms with E-state index >= 15 is 0 Å². The van der Waals surface area contributed by atoms with Gasteiger partial charge in [-0.1, -0.05) is 24.3 Å².